The van der Waals surface area contributed by atoms with Crippen molar-refractivity contribution in [3.8, 4) is 0 Å². The lowest BCUT2D eigenvalue weighted by Gasteiger charge is -2.22. The molecule has 0 heterocycles. The molecule has 2 unspecified atom stereocenters. The van der Waals surface area contributed by atoms with Crippen LogP contribution in [0.15, 0.2) is 12.7 Å². The Morgan fingerprint density at radius 3 is 2.23 bits per heavy atom. The third kappa shape index (κ3) is 7.21. The van der Waals surface area contributed by atoms with E-state index in [2.05, 4.69) is 17.2 Å². The lowest BCUT2D eigenvalue weighted by Crippen LogP contribution is -2.50. The molecule has 0 saturated heterocycles. The molecule has 2 amide bonds. The zero-order valence-corrected chi connectivity index (χ0v) is 13.5. The lowest BCUT2D eigenvalue weighted by molar-refractivity contribution is -0.143. The summed E-state index contributed by atoms with van der Waals surface area (Å²) in [7, 11) is 1.48. The van der Waals surface area contributed by atoms with Crippen LogP contribution in [0.4, 0.5) is 0 Å². The summed E-state index contributed by atoms with van der Waals surface area (Å²) in [5.41, 5.74) is 5.74. The fraction of sp³-hybridized carbons (Fsp3) is 0.667. The summed E-state index contributed by atoms with van der Waals surface area (Å²) in [6.07, 6.45) is 2.33. The number of nitrogens with two attached hydrogens (primary N) is 1. The van der Waals surface area contributed by atoms with E-state index >= 15 is 0 Å². The molecule has 5 N–H and O–H groups in total. The van der Waals surface area contributed by atoms with Gasteiger partial charge >= 0.3 is 5.97 Å². The molecule has 126 valence electrons. The molecular weight excluding hydrogens is 286 g/mol. The van der Waals surface area contributed by atoms with Crippen molar-refractivity contribution >= 4 is 17.8 Å². The fourth-order valence-electron chi connectivity index (χ4n) is 2.12. The highest BCUT2D eigenvalue weighted by molar-refractivity contribution is 5.87. The molecule has 0 saturated carbocycles. The second-order valence-corrected chi connectivity index (χ2v) is 5.71. The number of carbonyl (C=O) groups excluding carboxylic acids is 2. The number of hydrogen-bond acceptors (Lipinski definition) is 4. The van der Waals surface area contributed by atoms with Gasteiger partial charge in [-0.3, -0.25) is 9.59 Å². The molecule has 0 rings (SSSR count). The van der Waals surface area contributed by atoms with Crippen LogP contribution < -0.4 is 16.4 Å². The van der Waals surface area contributed by atoms with Gasteiger partial charge in [0.05, 0.1) is 6.04 Å². The van der Waals surface area contributed by atoms with Gasteiger partial charge in [0.2, 0.25) is 11.8 Å². The molecule has 0 aromatic heterocycles. The van der Waals surface area contributed by atoms with E-state index in [1.54, 1.807) is 6.08 Å². The van der Waals surface area contributed by atoms with E-state index in [9.17, 15) is 19.5 Å². The molecule has 0 fully saturated rings. The van der Waals surface area contributed by atoms with E-state index in [1.807, 2.05) is 13.8 Å². The van der Waals surface area contributed by atoms with Crippen molar-refractivity contribution in [3.63, 3.8) is 0 Å². The predicted molar refractivity (Wildman–Crippen MR) is 84.0 cm³/mol. The van der Waals surface area contributed by atoms with Crippen LogP contribution in [0.5, 0.6) is 0 Å². The SMILES string of the molecule is C=CCC(C[C@H](NC(=O)C(N)CC(C)C)C(=O)O)C(=O)NC. The smallest absolute Gasteiger partial charge is 0.326 e. The van der Waals surface area contributed by atoms with E-state index in [0.717, 1.165) is 0 Å². The van der Waals surface area contributed by atoms with Gasteiger partial charge in [-0.25, -0.2) is 4.79 Å². The summed E-state index contributed by atoms with van der Waals surface area (Å²) < 4.78 is 0. The summed E-state index contributed by atoms with van der Waals surface area (Å²) in [6.45, 7) is 7.40. The zero-order valence-electron chi connectivity index (χ0n) is 13.5. The molecule has 0 aromatic rings. The molecule has 0 bridgehead atoms. The topological polar surface area (TPSA) is 122 Å². The van der Waals surface area contributed by atoms with Gasteiger partial charge in [-0.1, -0.05) is 19.9 Å². The number of allylic oxidation sites excluding steroid dienone is 1. The van der Waals surface area contributed by atoms with Gasteiger partial charge < -0.3 is 21.5 Å². The van der Waals surface area contributed by atoms with E-state index < -0.39 is 29.9 Å². The number of nitrogens with one attached hydrogen (secondary N) is 2. The van der Waals surface area contributed by atoms with E-state index in [-0.39, 0.29) is 18.2 Å². The Morgan fingerprint density at radius 2 is 1.82 bits per heavy atom. The monoisotopic (exact) mass is 313 g/mol. The number of hydrogen-bond donors (Lipinski definition) is 4. The average molecular weight is 313 g/mol. The number of carboxylic acid groups (broad SMARTS) is 1. The van der Waals surface area contributed by atoms with Crippen LogP contribution in [0.1, 0.15) is 33.1 Å². The summed E-state index contributed by atoms with van der Waals surface area (Å²) in [4.78, 5) is 35.0. The predicted octanol–water partition coefficient (Wildman–Crippen LogP) is 0.258. The number of amides is 2. The van der Waals surface area contributed by atoms with Crippen molar-refractivity contribution in [2.24, 2.45) is 17.6 Å². The number of carboxylic acids is 1. The average Bonchev–Trinajstić information content (AvgIpc) is 2.43. The Balaban J connectivity index is 4.84. The summed E-state index contributed by atoms with van der Waals surface area (Å²) in [5, 5.41) is 14.1. The van der Waals surface area contributed by atoms with E-state index in [4.69, 9.17) is 5.73 Å². The summed E-state index contributed by atoms with van der Waals surface area (Å²) >= 11 is 0. The molecule has 0 radical (unpaired) electrons. The van der Waals surface area contributed by atoms with Crippen molar-refractivity contribution in [1.82, 2.24) is 10.6 Å². The van der Waals surface area contributed by atoms with Crippen molar-refractivity contribution in [3.05, 3.63) is 12.7 Å². The minimum absolute atomic E-state index is 0.0127. The second kappa shape index (κ2) is 9.94. The highest BCUT2D eigenvalue weighted by atomic mass is 16.4. The normalized spacial score (nSPS) is 14.8. The Kier molecular flexibility index (Phi) is 9.09. The quantitative estimate of drug-likeness (QED) is 0.431. The minimum atomic E-state index is -1.19. The molecule has 22 heavy (non-hydrogen) atoms. The van der Waals surface area contributed by atoms with Crippen molar-refractivity contribution in [2.75, 3.05) is 7.05 Å². The first-order valence-corrected chi connectivity index (χ1v) is 7.34. The number of carbonyl (C=O) groups is 3. The Bertz CT molecular complexity index is 410. The van der Waals surface area contributed by atoms with Gasteiger partial charge in [-0.15, -0.1) is 6.58 Å². The standard InChI is InChI=1S/C15H27N3O4/c1-5-6-10(13(19)17-4)8-12(15(21)22)18-14(20)11(16)7-9(2)3/h5,9-12H,1,6-8,16H2,2-4H3,(H,17,19)(H,18,20)(H,21,22)/t10?,11?,12-/m0/s1. The van der Waals surface area contributed by atoms with Gasteiger partial charge in [-0.05, 0) is 25.2 Å². The molecule has 0 aliphatic heterocycles. The third-order valence-electron chi connectivity index (χ3n) is 3.27. The largest absolute Gasteiger partial charge is 0.480 e. The van der Waals surface area contributed by atoms with E-state index in [0.29, 0.717) is 12.8 Å². The minimum Gasteiger partial charge on any atom is -0.480 e. The molecule has 0 aliphatic rings. The first-order valence-electron chi connectivity index (χ1n) is 7.34. The maximum absolute atomic E-state index is 12.0. The van der Waals surface area contributed by atoms with Gasteiger partial charge in [0.1, 0.15) is 6.04 Å². The van der Waals surface area contributed by atoms with Gasteiger partial charge in [0.25, 0.3) is 0 Å². The van der Waals surface area contributed by atoms with Gasteiger partial charge in [-0.2, -0.15) is 0 Å². The Labute approximate surface area is 131 Å². The van der Waals surface area contributed by atoms with Crippen LogP contribution >= 0.6 is 0 Å². The highest BCUT2D eigenvalue weighted by Gasteiger charge is 2.28. The van der Waals surface area contributed by atoms with Crippen molar-refractivity contribution in [1.29, 1.82) is 0 Å². The van der Waals surface area contributed by atoms with Crippen LogP contribution in [-0.2, 0) is 14.4 Å². The Morgan fingerprint density at radius 1 is 1.23 bits per heavy atom. The van der Waals surface area contributed by atoms with Crippen molar-refractivity contribution in [2.45, 2.75) is 45.2 Å². The molecule has 7 nitrogen and oxygen atoms in total. The van der Waals surface area contributed by atoms with Crippen LogP contribution in [0, 0.1) is 11.8 Å². The van der Waals surface area contributed by atoms with Crippen LogP contribution in [0.3, 0.4) is 0 Å². The zero-order chi connectivity index (χ0) is 17.3. The molecular formula is C15H27N3O4. The molecule has 7 heteroatoms. The number of aliphatic carboxylic acids is 1. The maximum atomic E-state index is 12.0. The highest BCUT2D eigenvalue weighted by Crippen LogP contribution is 2.13. The maximum Gasteiger partial charge on any atom is 0.326 e. The van der Waals surface area contributed by atoms with E-state index in [1.165, 1.54) is 7.05 Å². The third-order valence-corrected chi connectivity index (χ3v) is 3.27. The first-order chi connectivity index (χ1) is 10.2. The van der Waals surface area contributed by atoms with Gasteiger partial charge in [0, 0.05) is 13.0 Å². The molecule has 3 atom stereocenters. The fourth-order valence-corrected chi connectivity index (χ4v) is 2.12. The lowest BCUT2D eigenvalue weighted by atomic mass is 9.95. The summed E-state index contributed by atoms with van der Waals surface area (Å²) in [6, 6.07) is -1.92. The van der Waals surface area contributed by atoms with Crippen LogP contribution in [0.2, 0.25) is 0 Å². The van der Waals surface area contributed by atoms with Crippen LogP contribution in [0.25, 0.3) is 0 Å². The molecule has 0 aliphatic carbocycles. The van der Waals surface area contributed by atoms with Gasteiger partial charge in [0.15, 0.2) is 0 Å². The molecule has 0 aromatic carbocycles. The summed E-state index contributed by atoms with van der Waals surface area (Å²) in [5.74, 6) is -2.33. The number of rotatable bonds is 10. The van der Waals surface area contributed by atoms with Crippen LogP contribution in [-0.4, -0.2) is 42.0 Å². The van der Waals surface area contributed by atoms with Crippen molar-refractivity contribution < 1.29 is 19.5 Å². The Hall–Kier alpha value is -1.89. The second-order valence-electron chi connectivity index (χ2n) is 5.71. The first kappa shape index (κ1) is 20.1. The molecule has 0 spiro atoms.